The number of ether oxygens (including phenoxy) is 1. The van der Waals surface area contributed by atoms with Crippen molar-refractivity contribution < 1.29 is 14.3 Å². The van der Waals surface area contributed by atoms with E-state index in [1.807, 2.05) is 30.3 Å². The molecule has 3 rings (SSSR count). The number of rotatable bonds is 6. The van der Waals surface area contributed by atoms with Crippen LogP contribution >= 0.6 is 56.9 Å². The van der Waals surface area contributed by atoms with Crippen LogP contribution in [0.4, 0.5) is 4.79 Å². The van der Waals surface area contributed by atoms with E-state index < -0.39 is 0 Å². The van der Waals surface area contributed by atoms with Gasteiger partial charge in [0.2, 0.25) is 0 Å². The Morgan fingerprint density at radius 3 is 2.72 bits per heavy atom. The van der Waals surface area contributed by atoms with Crippen LogP contribution in [0.5, 0.6) is 5.75 Å². The second-order valence-electron chi connectivity index (χ2n) is 5.94. The smallest absolute Gasteiger partial charge is 0.293 e. The summed E-state index contributed by atoms with van der Waals surface area (Å²) >= 11 is 5.28. The lowest BCUT2D eigenvalue weighted by atomic mass is 10.1. The molecule has 0 radical (unpaired) electrons. The van der Waals surface area contributed by atoms with E-state index in [2.05, 4.69) is 57.8 Å². The molecule has 0 saturated carbocycles. The summed E-state index contributed by atoms with van der Waals surface area (Å²) in [4.78, 5) is 26.1. The van der Waals surface area contributed by atoms with Gasteiger partial charge in [-0.25, -0.2) is 0 Å². The van der Waals surface area contributed by atoms with Crippen LogP contribution < -0.4 is 4.74 Å². The quantitative estimate of drug-likeness (QED) is 0.238. The summed E-state index contributed by atoms with van der Waals surface area (Å²) in [6.45, 7) is 3.99. The van der Waals surface area contributed by atoms with E-state index in [0.717, 1.165) is 29.4 Å². The lowest BCUT2D eigenvalue weighted by Crippen LogP contribution is -2.27. The number of halogens is 2. The highest BCUT2D eigenvalue weighted by Crippen LogP contribution is 2.36. The average Bonchev–Trinajstić information content (AvgIpc) is 2.95. The van der Waals surface area contributed by atoms with Gasteiger partial charge in [-0.1, -0.05) is 24.3 Å². The van der Waals surface area contributed by atoms with Gasteiger partial charge in [-0.3, -0.25) is 14.5 Å². The fourth-order valence-electron chi connectivity index (χ4n) is 2.67. The van der Waals surface area contributed by atoms with Gasteiger partial charge in [-0.2, -0.15) is 5.26 Å². The Morgan fingerprint density at radius 2 is 2.00 bits per heavy atom. The van der Waals surface area contributed by atoms with Gasteiger partial charge in [-0.15, -0.1) is 6.58 Å². The Hall–Kier alpha value is -1.84. The minimum atomic E-state index is -0.338. The largest absolute Gasteiger partial charge is 0.487 e. The molecule has 0 atom stereocenters. The predicted octanol–water partition coefficient (Wildman–Crippen LogP) is 5.57. The number of carbonyl (C=O) groups is 2. The molecule has 0 N–H and O–H groups in total. The Kier molecular flexibility index (Phi) is 7.37. The van der Waals surface area contributed by atoms with Gasteiger partial charge in [0.25, 0.3) is 11.1 Å². The first-order valence-corrected chi connectivity index (χ1v) is 11.4. The summed E-state index contributed by atoms with van der Waals surface area (Å²) in [7, 11) is 0. The maximum Gasteiger partial charge on any atom is 0.293 e. The molecule has 1 heterocycles. The number of amides is 2. The zero-order valence-corrected chi connectivity index (χ0v) is 20.2. The number of carbonyl (C=O) groups excluding carboxylic acids is 2. The maximum absolute atomic E-state index is 12.5. The number of nitrogens with zero attached hydrogens (tertiary/aromatic N) is 2. The molecule has 1 saturated heterocycles. The van der Waals surface area contributed by atoms with E-state index in [9.17, 15) is 14.9 Å². The first-order valence-electron chi connectivity index (χ1n) is 8.40. The van der Waals surface area contributed by atoms with Crippen molar-refractivity contribution in [1.29, 1.82) is 5.26 Å². The van der Waals surface area contributed by atoms with Gasteiger partial charge in [-0.05, 0) is 81.2 Å². The van der Waals surface area contributed by atoms with Gasteiger partial charge in [0.05, 0.1) is 20.1 Å². The molecule has 0 spiro atoms. The van der Waals surface area contributed by atoms with E-state index in [0.29, 0.717) is 21.8 Å². The minimum Gasteiger partial charge on any atom is -0.487 e. The SMILES string of the molecule is C=CCN1C(=O)S/C(=C/c2cc(I)cc(I)c2OCc2ccccc2C#N)C1=O. The topological polar surface area (TPSA) is 70.4 Å². The highest BCUT2D eigenvalue weighted by Gasteiger charge is 2.34. The van der Waals surface area contributed by atoms with Crippen molar-refractivity contribution in [2.45, 2.75) is 6.61 Å². The summed E-state index contributed by atoms with van der Waals surface area (Å²) in [6.07, 6.45) is 3.21. The molecule has 0 aliphatic carbocycles. The van der Waals surface area contributed by atoms with Crippen molar-refractivity contribution in [3.63, 3.8) is 0 Å². The monoisotopic (exact) mass is 628 g/mol. The molecular weight excluding hydrogens is 614 g/mol. The minimum absolute atomic E-state index is 0.181. The Labute approximate surface area is 200 Å². The number of imide groups is 1. The van der Waals surface area contributed by atoms with Crippen LogP contribution in [-0.2, 0) is 11.4 Å². The normalized spacial score (nSPS) is 14.9. The van der Waals surface area contributed by atoms with E-state index in [1.54, 1.807) is 12.1 Å². The third-order valence-electron chi connectivity index (χ3n) is 4.02. The van der Waals surface area contributed by atoms with Crippen LogP contribution in [0.2, 0.25) is 0 Å². The van der Waals surface area contributed by atoms with Crippen LogP contribution in [-0.4, -0.2) is 22.6 Å². The summed E-state index contributed by atoms with van der Waals surface area (Å²) in [6, 6.07) is 13.3. The average molecular weight is 628 g/mol. The molecule has 1 aliphatic heterocycles. The Morgan fingerprint density at radius 1 is 1.24 bits per heavy atom. The van der Waals surface area contributed by atoms with Crippen LogP contribution in [0.3, 0.4) is 0 Å². The van der Waals surface area contributed by atoms with E-state index in [4.69, 9.17) is 4.74 Å². The first kappa shape index (κ1) is 21.9. The highest BCUT2D eigenvalue weighted by molar-refractivity contribution is 14.1. The van der Waals surface area contributed by atoms with Crippen LogP contribution in [0.1, 0.15) is 16.7 Å². The molecule has 2 amide bonds. The molecule has 146 valence electrons. The zero-order chi connectivity index (χ0) is 21.0. The van der Waals surface area contributed by atoms with Gasteiger partial charge in [0.1, 0.15) is 12.4 Å². The highest BCUT2D eigenvalue weighted by atomic mass is 127. The van der Waals surface area contributed by atoms with Crippen molar-refractivity contribution in [1.82, 2.24) is 4.90 Å². The standard InChI is InChI=1S/C21H14I2N2O3S/c1-2-7-25-20(26)18(29-21(25)27)9-15-8-16(22)10-17(23)19(15)28-12-14-6-4-3-5-13(14)11-24/h2-6,8-10H,1,7,12H2/b18-9+. The number of benzene rings is 2. The first-order chi connectivity index (χ1) is 13.9. The van der Waals surface area contributed by atoms with Gasteiger partial charge in [0, 0.05) is 21.2 Å². The van der Waals surface area contributed by atoms with Crippen LogP contribution in [0.15, 0.2) is 54.0 Å². The molecule has 29 heavy (non-hydrogen) atoms. The second kappa shape index (κ2) is 9.77. The van der Waals surface area contributed by atoms with E-state index in [-0.39, 0.29) is 24.3 Å². The Balaban J connectivity index is 1.94. The van der Waals surface area contributed by atoms with E-state index in [1.165, 1.54) is 6.08 Å². The van der Waals surface area contributed by atoms with Gasteiger partial charge in [0.15, 0.2) is 0 Å². The maximum atomic E-state index is 12.5. The van der Waals surface area contributed by atoms with E-state index >= 15 is 0 Å². The third kappa shape index (κ3) is 5.02. The molecule has 2 aromatic rings. The number of nitriles is 1. The number of hydrogen-bond donors (Lipinski definition) is 0. The van der Waals surface area contributed by atoms with Crippen molar-refractivity contribution in [3.05, 3.63) is 77.8 Å². The fourth-order valence-corrected chi connectivity index (χ4v) is 5.56. The molecule has 5 nitrogen and oxygen atoms in total. The summed E-state index contributed by atoms with van der Waals surface area (Å²) in [5.41, 5.74) is 2.04. The lowest BCUT2D eigenvalue weighted by Gasteiger charge is -2.13. The zero-order valence-electron chi connectivity index (χ0n) is 15.0. The molecule has 1 fully saturated rings. The van der Waals surface area contributed by atoms with Gasteiger partial charge >= 0.3 is 0 Å². The fraction of sp³-hybridized carbons (Fsp3) is 0.0952. The molecule has 8 heteroatoms. The summed E-state index contributed by atoms with van der Waals surface area (Å²) < 4.78 is 7.91. The summed E-state index contributed by atoms with van der Waals surface area (Å²) in [5.74, 6) is 0.267. The molecule has 0 aromatic heterocycles. The van der Waals surface area contributed by atoms with Crippen molar-refractivity contribution >= 4 is 74.2 Å². The van der Waals surface area contributed by atoms with Crippen LogP contribution in [0, 0.1) is 18.5 Å². The number of hydrogen-bond acceptors (Lipinski definition) is 5. The van der Waals surface area contributed by atoms with Crippen molar-refractivity contribution in [2.24, 2.45) is 0 Å². The third-order valence-corrected chi connectivity index (χ3v) is 6.35. The van der Waals surface area contributed by atoms with Crippen molar-refractivity contribution in [2.75, 3.05) is 6.54 Å². The second-order valence-corrected chi connectivity index (χ2v) is 9.35. The van der Waals surface area contributed by atoms with Gasteiger partial charge < -0.3 is 4.74 Å². The molecular formula is C21H14I2N2O3S. The molecule has 1 aliphatic rings. The Bertz CT molecular complexity index is 1080. The summed E-state index contributed by atoms with van der Waals surface area (Å²) in [5, 5.41) is 8.96. The molecule has 2 aromatic carbocycles. The molecule has 0 unspecified atom stereocenters. The number of thioether (sulfide) groups is 1. The lowest BCUT2D eigenvalue weighted by molar-refractivity contribution is -0.122. The van der Waals surface area contributed by atoms with Crippen molar-refractivity contribution in [3.8, 4) is 11.8 Å². The predicted molar refractivity (Wildman–Crippen MR) is 130 cm³/mol. The van der Waals surface area contributed by atoms with Crippen LogP contribution in [0.25, 0.3) is 6.08 Å². The molecule has 0 bridgehead atoms.